The van der Waals surface area contributed by atoms with E-state index in [0.29, 0.717) is 11.3 Å². The molecule has 1 atom stereocenters. The molecule has 3 rings (SSSR count). The second-order valence-corrected chi connectivity index (χ2v) is 8.17. The Balaban J connectivity index is 1.68. The van der Waals surface area contributed by atoms with Crippen molar-refractivity contribution < 1.29 is 9.59 Å². The Bertz CT molecular complexity index is 933. The summed E-state index contributed by atoms with van der Waals surface area (Å²) in [5, 5.41) is 13.8. The quantitative estimate of drug-likeness (QED) is 0.471. The van der Waals surface area contributed by atoms with Crippen molar-refractivity contribution in [2.24, 2.45) is 0 Å². The van der Waals surface area contributed by atoms with Crippen LogP contribution in [0.5, 0.6) is 0 Å². The van der Waals surface area contributed by atoms with Gasteiger partial charge in [-0.15, -0.1) is 21.5 Å². The molecule has 1 N–H and O–H groups in total. The van der Waals surface area contributed by atoms with Gasteiger partial charge in [-0.2, -0.15) is 0 Å². The summed E-state index contributed by atoms with van der Waals surface area (Å²) in [5.41, 5.74) is 1.28. The van der Waals surface area contributed by atoms with Gasteiger partial charge >= 0.3 is 0 Å². The van der Waals surface area contributed by atoms with Crippen LogP contribution in [0.4, 0.5) is 5.69 Å². The number of benzene rings is 1. The molecule has 0 spiro atoms. The van der Waals surface area contributed by atoms with Crippen molar-refractivity contribution in [3.63, 3.8) is 0 Å². The number of anilines is 1. The Kier molecular flexibility index (Phi) is 6.08. The van der Waals surface area contributed by atoms with E-state index in [1.165, 1.54) is 18.7 Å². The maximum atomic E-state index is 12.5. The fourth-order valence-corrected chi connectivity index (χ4v) is 4.12. The average molecular weight is 401 g/mol. The van der Waals surface area contributed by atoms with Crippen LogP contribution in [0.1, 0.15) is 31.1 Å². The lowest BCUT2D eigenvalue weighted by Crippen LogP contribution is -2.23. The summed E-state index contributed by atoms with van der Waals surface area (Å²) in [6, 6.07) is 10.9. The van der Waals surface area contributed by atoms with Crippen LogP contribution in [0.25, 0.3) is 10.7 Å². The third-order valence-electron chi connectivity index (χ3n) is 3.99. The number of nitrogens with zero attached hydrogens (tertiary/aromatic N) is 3. The zero-order valence-corrected chi connectivity index (χ0v) is 16.9. The number of ketones is 1. The highest BCUT2D eigenvalue weighted by molar-refractivity contribution is 8.00. The minimum absolute atomic E-state index is 0.00255. The van der Waals surface area contributed by atoms with Gasteiger partial charge in [-0.3, -0.25) is 9.59 Å². The van der Waals surface area contributed by atoms with Crippen LogP contribution in [-0.4, -0.2) is 31.7 Å². The number of rotatable bonds is 7. The summed E-state index contributed by atoms with van der Waals surface area (Å²) in [6.07, 6.45) is 0. The van der Waals surface area contributed by atoms with E-state index < -0.39 is 0 Å². The number of hydrogen-bond acceptors (Lipinski definition) is 6. The van der Waals surface area contributed by atoms with Gasteiger partial charge in [0.2, 0.25) is 5.91 Å². The Morgan fingerprint density at radius 2 is 1.96 bits per heavy atom. The summed E-state index contributed by atoms with van der Waals surface area (Å²) in [4.78, 5) is 24.9. The molecule has 0 aliphatic heterocycles. The van der Waals surface area contributed by atoms with E-state index in [1.807, 2.05) is 35.9 Å². The monoisotopic (exact) mass is 400 g/mol. The zero-order valence-electron chi connectivity index (χ0n) is 15.3. The third kappa shape index (κ3) is 4.45. The highest BCUT2D eigenvalue weighted by Gasteiger charge is 2.20. The van der Waals surface area contributed by atoms with Gasteiger partial charge in [0, 0.05) is 17.8 Å². The van der Waals surface area contributed by atoms with Crippen molar-refractivity contribution in [2.45, 2.75) is 37.7 Å². The van der Waals surface area contributed by atoms with Crippen LogP contribution in [0.15, 0.2) is 46.9 Å². The minimum Gasteiger partial charge on any atom is -0.325 e. The Morgan fingerprint density at radius 1 is 1.22 bits per heavy atom. The molecule has 0 saturated heterocycles. The first kappa shape index (κ1) is 19.3. The van der Waals surface area contributed by atoms with Crippen molar-refractivity contribution in [3.05, 3.63) is 47.3 Å². The second kappa shape index (κ2) is 8.49. The number of thiophene rings is 1. The number of Topliss-reactive ketones (excluding diaryl/α,β-unsaturated/α-hetero) is 1. The zero-order chi connectivity index (χ0) is 19.4. The standard InChI is InChI=1S/C19H20N4O2S2/c1-4-23-17(16-6-5-11-26-16)21-22-19(23)27-13(3)18(25)20-15-9-7-14(8-10-15)12(2)24/h5-11,13H,4H2,1-3H3,(H,20,25)/t13-/m1/s1. The molecule has 2 heterocycles. The van der Waals surface area contributed by atoms with Gasteiger partial charge in [-0.05, 0) is 56.5 Å². The SMILES string of the molecule is CCn1c(S[C@H](C)C(=O)Nc2ccc(C(C)=O)cc2)nnc1-c1cccs1. The lowest BCUT2D eigenvalue weighted by molar-refractivity contribution is -0.115. The van der Waals surface area contributed by atoms with Crippen molar-refractivity contribution in [1.82, 2.24) is 14.8 Å². The first-order valence-electron chi connectivity index (χ1n) is 8.55. The fourth-order valence-electron chi connectivity index (χ4n) is 2.49. The molecule has 140 valence electrons. The van der Waals surface area contributed by atoms with Gasteiger partial charge in [0.05, 0.1) is 10.1 Å². The maximum Gasteiger partial charge on any atom is 0.237 e. The summed E-state index contributed by atoms with van der Waals surface area (Å²) >= 11 is 2.99. The predicted octanol–water partition coefficient (Wildman–Crippen LogP) is 4.35. The average Bonchev–Trinajstić information content (AvgIpc) is 3.31. The molecule has 0 aliphatic carbocycles. The first-order chi connectivity index (χ1) is 13.0. The number of carbonyl (C=O) groups is 2. The van der Waals surface area contributed by atoms with E-state index in [1.54, 1.807) is 35.6 Å². The van der Waals surface area contributed by atoms with Gasteiger partial charge in [0.15, 0.2) is 16.8 Å². The molecule has 0 bridgehead atoms. The summed E-state index contributed by atoms with van der Waals surface area (Å²) in [6.45, 7) is 6.11. The third-order valence-corrected chi connectivity index (χ3v) is 5.93. The Labute approximate surface area is 166 Å². The number of nitrogens with one attached hydrogen (secondary N) is 1. The highest BCUT2D eigenvalue weighted by atomic mass is 32.2. The van der Waals surface area contributed by atoms with E-state index in [4.69, 9.17) is 0 Å². The number of hydrogen-bond donors (Lipinski definition) is 1. The summed E-state index contributed by atoms with van der Waals surface area (Å²) in [7, 11) is 0. The predicted molar refractivity (Wildman–Crippen MR) is 109 cm³/mol. The van der Waals surface area contributed by atoms with Crippen molar-refractivity contribution in [1.29, 1.82) is 0 Å². The number of carbonyl (C=O) groups excluding carboxylic acids is 2. The minimum atomic E-state index is -0.344. The molecule has 0 fully saturated rings. The smallest absolute Gasteiger partial charge is 0.237 e. The molecule has 8 heteroatoms. The van der Waals surface area contributed by atoms with Crippen LogP contribution in [0.3, 0.4) is 0 Å². The molecule has 1 aromatic carbocycles. The molecule has 1 amide bonds. The van der Waals surface area contributed by atoms with Crippen molar-refractivity contribution in [3.8, 4) is 10.7 Å². The van der Waals surface area contributed by atoms with E-state index in [2.05, 4.69) is 15.5 Å². The molecule has 2 aromatic heterocycles. The molecule has 6 nitrogen and oxygen atoms in total. The Morgan fingerprint density at radius 3 is 2.56 bits per heavy atom. The number of aromatic nitrogens is 3. The molecule has 27 heavy (non-hydrogen) atoms. The summed E-state index contributed by atoms with van der Waals surface area (Å²) in [5.74, 6) is 0.693. The highest BCUT2D eigenvalue weighted by Crippen LogP contribution is 2.29. The van der Waals surface area contributed by atoms with Gasteiger partial charge in [0.25, 0.3) is 0 Å². The lowest BCUT2D eigenvalue weighted by Gasteiger charge is -2.12. The molecule has 0 unspecified atom stereocenters. The van der Waals surface area contributed by atoms with Gasteiger partial charge in [-0.1, -0.05) is 17.8 Å². The molecular formula is C19H20N4O2S2. The van der Waals surface area contributed by atoms with E-state index in [0.717, 1.165) is 22.4 Å². The van der Waals surface area contributed by atoms with Crippen LogP contribution in [0.2, 0.25) is 0 Å². The van der Waals surface area contributed by atoms with E-state index in [-0.39, 0.29) is 16.9 Å². The topological polar surface area (TPSA) is 76.9 Å². The molecule has 0 radical (unpaired) electrons. The van der Waals surface area contributed by atoms with Crippen LogP contribution in [-0.2, 0) is 11.3 Å². The molecular weight excluding hydrogens is 380 g/mol. The molecule has 0 aliphatic rings. The molecule has 0 saturated carbocycles. The van der Waals surface area contributed by atoms with Crippen LogP contribution >= 0.6 is 23.1 Å². The van der Waals surface area contributed by atoms with Gasteiger partial charge < -0.3 is 9.88 Å². The largest absolute Gasteiger partial charge is 0.325 e. The first-order valence-corrected chi connectivity index (χ1v) is 10.3. The van der Waals surface area contributed by atoms with Crippen LogP contribution < -0.4 is 5.32 Å². The fraction of sp³-hybridized carbons (Fsp3) is 0.263. The maximum absolute atomic E-state index is 12.5. The van der Waals surface area contributed by atoms with Crippen LogP contribution in [0, 0.1) is 0 Å². The second-order valence-electron chi connectivity index (χ2n) is 5.91. The van der Waals surface area contributed by atoms with E-state index in [9.17, 15) is 9.59 Å². The number of amides is 1. The van der Waals surface area contributed by atoms with Crippen molar-refractivity contribution in [2.75, 3.05) is 5.32 Å². The van der Waals surface area contributed by atoms with Gasteiger partial charge in [0.1, 0.15) is 0 Å². The summed E-state index contributed by atoms with van der Waals surface area (Å²) < 4.78 is 2.02. The van der Waals surface area contributed by atoms with Gasteiger partial charge in [-0.25, -0.2) is 0 Å². The number of thioether (sulfide) groups is 1. The Hall–Kier alpha value is -2.45. The lowest BCUT2D eigenvalue weighted by atomic mass is 10.1. The van der Waals surface area contributed by atoms with E-state index >= 15 is 0 Å². The van der Waals surface area contributed by atoms with Crippen molar-refractivity contribution >= 4 is 40.5 Å². The molecule has 3 aromatic rings. The normalized spacial score (nSPS) is 12.0.